The first-order chi connectivity index (χ1) is 15.7. The SMILES string of the molecule is CC(C)(C)OC(=O)N1C(C(=O)N2CCN(c3ccccc3)CC2)CSC1c1ccc(Cl)cc1. The zero-order valence-corrected chi connectivity index (χ0v) is 20.8. The number of ether oxygens (including phenoxy) is 1. The molecule has 2 fully saturated rings. The molecule has 0 saturated carbocycles. The molecule has 8 heteroatoms. The van der Waals surface area contributed by atoms with E-state index >= 15 is 0 Å². The Morgan fingerprint density at radius 3 is 2.21 bits per heavy atom. The van der Waals surface area contributed by atoms with Crippen molar-refractivity contribution in [2.75, 3.05) is 36.8 Å². The Kier molecular flexibility index (Phi) is 7.10. The smallest absolute Gasteiger partial charge is 0.412 e. The van der Waals surface area contributed by atoms with Gasteiger partial charge in [0.05, 0.1) is 0 Å². The number of hydrogen-bond donors (Lipinski definition) is 0. The Morgan fingerprint density at radius 2 is 1.61 bits per heavy atom. The van der Waals surface area contributed by atoms with E-state index < -0.39 is 17.7 Å². The maximum atomic E-state index is 13.6. The minimum absolute atomic E-state index is 0.0162. The Hall–Kier alpha value is -2.38. The maximum absolute atomic E-state index is 13.6. The minimum atomic E-state index is -0.649. The summed E-state index contributed by atoms with van der Waals surface area (Å²) in [6.07, 6.45) is -0.464. The molecule has 2 aromatic rings. The predicted molar refractivity (Wildman–Crippen MR) is 134 cm³/mol. The van der Waals surface area contributed by atoms with Gasteiger partial charge in [0.25, 0.3) is 0 Å². The van der Waals surface area contributed by atoms with Crippen LogP contribution in [0.15, 0.2) is 54.6 Å². The molecule has 0 aromatic heterocycles. The number of carbonyl (C=O) groups is 2. The van der Waals surface area contributed by atoms with Crippen LogP contribution < -0.4 is 4.90 Å². The summed E-state index contributed by atoms with van der Waals surface area (Å²) >= 11 is 7.65. The van der Waals surface area contributed by atoms with Gasteiger partial charge in [-0.3, -0.25) is 9.69 Å². The Bertz CT molecular complexity index is 973. The van der Waals surface area contributed by atoms with Gasteiger partial charge in [-0.2, -0.15) is 0 Å². The molecule has 2 unspecified atom stereocenters. The molecule has 2 amide bonds. The number of rotatable bonds is 3. The molecule has 2 aliphatic heterocycles. The van der Waals surface area contributed by atoms with Gasteiger partial charge in [0.1, 0.15) is 17.0 Å². The van der Waals surface area contributed by atoms with Gasteiger partial charge in [-0.1, -0.05) is 41.9 Å². The van der Waals surface area contributed by atoms with Gasteiger partial charge in [0.2, 0.25) is 5.91 Å². The quantitative estimate of drug-likeness (QED) is 0.607. The van der Waals surface area contributed by atoms with E-state index in [0.29, 0.717) is 23.9 Å². The molecule has 2 saturated heterocycles. The third-order valence-corrected chi connectivity index (χ3v) is 7.33. The molecule has 4 rings (SSSR count). The van der Waals surface area contributed by atoms with E-state index in [9.17, 15) is 9.59 Å². The van der Waals surface area contributed by atoms with E-state index in [-0.39, 0.29) is 11.3 Å². The first-order valence-corrected chi connectivity index (χ1v) is 12.6. The fourth-order valence-electron chi connectivity index (χ4n) is 4.15. The highest BCUT2D eigenvalue weighted by Gasteiger charge is 2.45. The highest BCUT2D eigenvalue weighted by atomic mass is 35.5. The lowest BCUT2D eigenvalue weighted by molar-refractivity contribution is -0.136. The van der Waals surface area contributed by atoms with E-state index in [1.54, 1.807) is 16.7 Å². The van der Waals surface area contributed by atoms with E-state index in [2.05, 4.69) is 17.0 Å². The molecule has 2 heterocycles. The monoisotopic (exact) mass is 487 g/mol. The largest absolute Gasteiger partial charge is 0.444 e. The van der Waals surface area contributed by atoms with Crippen LogP contribution in [0.5, 0.6) is 0 Å². The standard InChI is InChI=1S/C25H30ClN3O3S/c1-25(2,3)32-24(31)29-21(17-33-23(29)18-9-11-19(26)12-10-18)22(30)28-15-13-27(14-16-28)20-7-5-4-6-8-20/h4-12,21,23H,13-17H2,1-3H3. The third kappa shape index (κ3) is 5.58. The summed E-state index contributed by atoms with van der Waals surface area (Å²) in [5.41, 5.74) is 1.45. The first-order valence-electron chi connectivity index (χ1n) is 11.2. The molecule has 2 atom stereocenters. The summed E-state index contributed by atoms with van der Waals surface area (Å²) < 4.78 is 5.71. The highest BCUT2D eigenvalue weighted by Crippen LogP contribution is 2.43. The second-order valence-electron chi connectivity index (χ2n) is 9.29. The zero-order valence-electron chi connectivity index (χ0n) is 19.2. The van der Waals surface area contributed by atoms with Crippen molar-refractivity contribution in [2.24, 2.45) is 0 Å². The van der Waals surface area contributed by atoms with Crippen molar-refractivity contribution in [1.29, 1.82) is 0 Å². The molecule has 0 radical (unpaired) electrons. The van der Waals surface area contributed by atoms with Crippen LogP contribution in [-0.4, -0.2) is 65.4 Å². The molecule has 2 aliphatic rings. The number of amides is 2. The summed E-state index contributed by atoms with van der Waals surface area (Å²) in [4.78, 5) is 32.6. The van der Waals surface area contributed by atoms with Crippen LogP contribution in [0.1, 0.15) is 31.7 Å². The number of thioether (sulfide) groups is 1. The Balaban J connectivity index is 1.50. The normalized spacial score (nSPS) is 21.3. The fraction of sp³-hybridized carbons (Fsp3) is 0.440. The highest BCUT2D eigenvalue weighted by molar-refractivity contribution is 7.99. The Labute approximate surface area is 204 Å². The van der Waals surface area contributed by atoms with Gasteiger partial charge in [0.15, 0.2) is 0 Å². The topological polar surface area (TPSA) is 53.1 Å². The summed E-state index contributed by atoms with van der Waals surface area (Å²) in [5.74, 6) is 0.516. The average molecular weight is 488 g/mol. The predicted octanol–water partition coefficient (Wildman–Crippen LogP) is 5.04. The lowest BCUT2D eigenvalue weighted by atomic mass is 10.1. The van der Waals surface area contributed by atoms with Crippen molar-refractivity contribution in [1.82, 2.24) is 9.80 Å². The average Bonchev–Trinajstić information content (AvgIpc) is 3.24. The molecule has 0 bridgehead atoms. The molecule has 176 valence electrons. The molecule has 2 aromatic carbocycles. The maximum Gasteiger partial charge on any atom is 0.412 e. The van der Waals surface area contributed by atoms with E-state index in [0.717, 1.165) is 18.7 Å². The summed E-state index contributed by atoms with van der Waals surface area (Å²) in [5, 5.41) is 0.339. The summed E-state index contributed by atoms with van der Waals surface area (Å²) in [6.45, 7) is 8.30. The number of anilines is 1. The molecule has 6 nitrogen and oxygen atoms in total. The summed E-state index contributed by atoms with van der Waals surface area (Å²) in [7, 11) is 0. The summed E-state index contributed by atoms with van der Waals surface area (Å²) in [6, 6.07) is 17.1. The number of halogens is 1. The van der Waals surface area contributed by atoms with Gasteiger partial charge in [-0.25, -0.2) is 4.79 Å². The van der Waals surface area contributed by atoms with Gasteiger partial charge >= 0.3 is 6.09 Å². The zero-order chi connectivity index (χ0) is 23.6. The van der Waals surface area contributed by atoms with Crippen LogP contribution in [0.25, 0.3) is 0 Å². The van der Waals surface area contributed by atoms with Crippen LogP contribution in [0.4, 0.5) is 10.5 Å². The van der Waals surface area contributed by atoms with Crippen LogP contribution in [0.2, 0.25) is 5.02 Å². The number of hydrogen-bond acceptors (Lipinski definition) is 5. The molecule has 0 spiro atoms. The fourth-order valence-corrected chi connectivity index (χ4v) is 5.69. The molecule has 0 N–H and O–H groups in total. The molecule has 0 aliphatic carbocycles. The van der Waals surface area contributed by atoms with Gasteiger partial charge in [-0.15, -0.1) is 11.8 Å². The second-order valence-corrected chi connectivity index (χ2v) is 10.8. The van der Waals surface area contributed by atoms with Crippen molar-refractivity contribution < 1.29 is 14.3 Å². The van der Waals surface area contributed by atoms with Crippen molar-refractivity contribution in [2.45, 2.75) is 37.8 Å². The van der Waals surface area contributed by atoms with E-state index in [4.69, 9.17) is 16.3 Å². The Morgan fingerprint density at radius 1 is 0.970 bits per heavy atom. The number of para-hydroxylation sites is 1. The van der Waals surface area contributed by atoms with E-state index in [1.165, 1.54) is 5.69 Å². The van der Waals surface area contributed by atoms with Crippen LogP contribution in [0.3, 0.4) is 0 Å². The first kappa shape index (κ1) is 23.8. The molecule has 33 heavy (non-hydrogen) atoms. The lowest BCUT2D eigenvalue weighted by Gasteiger charge is -2.39. The number of nitrogens with zero attached hydrogens (tertiary/aromatic N) is 3. The van der Waals surface area contributed by atoms with Gasteiger partial charge in [0, 0.05) is 42.6 Å². The number of piperazine rings is 1. The number of carbonyl (C=O) groups excluding carboxylic acids is 2. The minimum Gasteiger partial charge on any atom is -0.444 e. The van der Waals surface area contributed by atoms with Crippen molar-refractivity contribution in [3.63, 3.8) is 0 Å². The van der Waals surface area contributed by atoms with Crippen LogP contribution >= 0.6 is 23.4 Å². The van der Waals surface area contributed by atoms with Crippen LogP contribution in [0, 0.1) is 0 Å². The third-order valence-electron chi connectivity index (χ3n) is 5.76. The van der Waals surface area contributed by atoms with Gasteiger partial charge < -0.3 is 14.5 Å². The van der Waals surface area contributed by atoms with E-state index in [1.807, 2.05) is 68.1 Å². The molecular weight excluding hydrogens is 458 g/mol. The number of benzene rings is 2. The van der Waals surface area contributed by atoms with Crippen molar-refractivity contribution in [3.8, 4) is 0 Å². The lowest BCUT2D eigenvalue weighted by Crippen LogP contribution is -2.55. The van der Waals surface area contributed by atoms with Crippen molar-refractivity contribution in [3.05, 3.63) is 65.2 Å². The van der Waals surface area contributed by atoms with Crippen LogP contribution in [-0.2, 0) is 9.53 Å². The van der Waals surface area contributed by atoms with Crippen molar-refractivity contribution >= 4 is 41.1 Å². The molecular formula is C25H30ClN3O3S. The second kappa shape index (κ2) is 9.85. The van der Waals surface area contributed by atoms with Gasteiger partial charge in [-0.05, 0) is 50.6 Å².